The van der Waals surface area contributed by atoms with Gasteiger partial charge in [-0.2, -0.15) is 0 Å². The average molecular weight is 301 g/mol. The third-order valence-electron chi connectivity index (χ3n) is 2.88. The van der Waals surface area contributed by atoms with Gasteiger partial charge in [-0.25, -0.2) is 9.59 Å². The van der Waals surface area contributed by atoms with E-state index >= 15 is 0 Å². The largest absolute Gasteiger partial charge is 0.464 e. The van der Waals surface area contributed by atoms with Gasteiger partial charge in [0.05, 0.1) is 12.7 Å². The summed E-state index contributed by atoms with van der Waals surface area (Å²) in [6.07, 6.45) is 3.13. The lowest BCUT2D eigenvalue weighted by Crippen LogP contribution is -2.24. The van der Waals surface area contributed by atoms with Crippen LogP contribution in [0.25, 0.3) is 6.08 Å². The van der Waals surface area contributed by atoms with Crippen LogP contribution in [0.2, 0.25) is 0 Å². The standard InChI is InChI=1S/C17H19NO4/c1-17(2,3)22-15(19)12-9-11-7-5-6-8-13(11)18-14(10-12)16(20)21-4/h5-10,18H,1-4H3. The number of carbonyl (C=O) groups excluding carboxylic acids is 2. The van der Waals surface area contributed by atoms with Gasteiger partial charge in [0.25, 0.3) is 0 Å². The molecule has 0 amide bonds. The number of carbonyl (C=O) groups is 2. The molecule has 1 N–H and O–H groups in total. The number of rotatable bonds is 2. The Morgan fingerprint density at radius 3 is 2.36 bits per heavy atom. The van der Waals surface area contributed by atoms with Gasteiger partial charge in [0.2, 0.25) is 0 Å². The van der Waals surface area contributed by atoms with Gasteiger partial charge in [0.15, 0.2) is 0 Å². The van der Waals surface area contributed by atoms with Crippen molar-refractivity contribution >= 4 is 23.7 Å². The highest BCUT2D eigenvalue weighted by Gasteiger charge is 2.23. The van der Waals surface area contributed by atoms with Crippen LogP contribution in [-0.2, 0) is 19.1 Å². The van der Waals surface area contributed by atoms with Crippen molar-refractivity contribution in [3.8, 4) is 0 Å². The number of esters is 2. The molecule has 1 aliphatic heterocycles. The van der Waals surface area contributed by atoms with E-state index in [0.717, 1.165) is 11.3 Å². The second-order valence-corrected chi connectivity index (χ2v) is 5.86. The molecule has 0 atom stereocenters. The maximum Gasteiger partial charge on any atom is 0.354 e. The van der Waals surface area contributed by atoms with Gasteiger partial charge in [-0.15, -0.1) is 0 Å². The predicted molar refractivity (Wildman–Crippen MR) is 84.0 cm³/mol. The minimum Gasteiger partial charge on any atom is -0.464 e. The maximum atomic E-state index is 12.3. The Labute approximate surface area is 129 Å². The van der Waals surface area contributed by atoms with Gasteiger partial charge < -0.3 is 14.8 Å². The summed E-state index contributed by atoms with van der Waals surface area (Å²) in [5.41, 5.74) is 1.37. The van der Waals surface area contributed by atoms with Crippen molar-refractivity contribution < 1.29 is 19.1 Å². The lowest BCUT2D eigenvalue weighted by atomic mass is 10.1. The van der Waals surface area contributed by atoms with E-state index < -0.39 is 17.5 Å². The highest BCUT2D eigenvalue weighted by Crippen LogP contribution is 2.26. The van der Waals surface area contributed by atoms with E-state index in [2.05, 4.69) is 5.32 Å². The molecule has 0 aliphatic carbocycles. The second kappa shape index (κ2) is 6.05. The van der Waals surface area contributed by atoms with Crippen LogP contribution in [0.15, 0.2) is 41.6 Å². The average Bonchev–Trinajstić information content (AvgIpc) is 2.64. The number of ether oxygens (including phenoxy) is 2. The van der Waals surface area contributed by atoms with Crippen LogP contribution in [-0.4, -0.2) is 24.6 Å². The zero-order valence-corrected chi connectivity index (χ0v) is 13.1. The van der Waals surface area contributed by atoms with Crippen molar-refractivity contribution in [1.29, 1.82) is 0 Å². The fourth-order valence-corrected chi connectivity index (χ4v) is 1.96. The maximum absolute atomic E-state index is 12.3. The monoisotopic (exact) mass is 301 g/mol. The molecular weight excluding hydrogens is 282 g/mol. The molecule has 0 fully saturated rings. The third-order valence-corrected chi connectivity index (χ3v) is 2.88. The molecule has 0 radical (unpaired) electrons. The highest BCUT2D eigenvalue weighted by molar-refractivity contribution is 6.03. The molecule has 0 saturated carbocycles. The van der Waals surface area contributed by atoms with Gasteiger partial charge >= 0.3 is 11.9 Å². The highest BCUT2D eigenvalue weighted by atomic mass is 16.6. The van der Waals surface area contributed by atoms with Crippen molar-refractivity contribution in [3.05, 3.63) is 47.2 Å². The number of para-hydroxylation sites is 1. The molecule has 116 valence electrons. The topological polar surface area (TPSA) is 64.6 Å². The second-order valence-electron chi connectivity index (χ2n) is 5.86. The first-order chi connectivity index (χ1) is 10.3. The molecule has 1 aromatic rings. The number of benzene rings is 1. The van der Waals surface area contributed by atoms with Crippen LogP contribution in [0.5, 0.6) is 0 Å². The van der Waals surface area contributed by atoms with Gasteiger partial charge in [-0.3, -0.25) is 0 Å². The zero-order chi connectivity index (χ0) is 16.3. The summed E-state index contributed by atoms with van der Waals surface area (Å²) in [7, 11) is 1.29. The fraction of sp³-hybridized carbons (Fsp3) is 0.294. The van der Waals surface area contributed by atoms with Crippen LogP contribution in [0.1, 0.15) is 26.3 Å². The van der Waals surface area contributed by atoms with Crippen molar-refractivity contribution in [2.75, 3.05) is 12.4 Å². The SMILES string of the molecule is COC(=O)C1=CC(C(=O)OC(C)(C)C)=Cc2ccccc2N1. The van der Waals surface area contributed by atoms with Crippen LogP contribution in [0, 0.1) is 0 Å². The smallest absolute Gasteiger partial charge is 0.354 e. The number of methoxy groups -OCH3 is 1. The van der Waals surface area contributed by atoms with Crippen molar-refractivity contribution in [2.45, 2.75) is 26.4 Å². The molecule has 2 rings (SSSR count). The van der Waals surface area contributed by atoms with Crippen LogP contribution >= 0.6 is 0 Å². The molecule has 0 saturated heterocycles. The Balaban J connectivity index is 2.46. The van der Waals surface area contributed by atoms with E-state index in [9.17, 15) is 9.59 Å². The summed E-state index contributed by atoms with van der Waals surface area (Å²) in [6, 6.07) is 7.36. The quantitative estimate of drug-likeness (QED) is 0.851. The van der Waals surface area contributed by atoms with Gasteiger partial charge in [-0.1, -0.05) is 18.2 Å². The Morgan fingerprint density at radius 2 is 1.73 bits per heavy atom. The summed E-state index contributed by atoms with van der Waals surface area (Å²) >= 11 is 0. The van der Waals surface area contributed by atoms with E-state index in [1.54, 1.807) is 26.8 Å². The van der Waals surface area contributed by atoms with Gasteiger partial charge in [0, 0.05) is 5.69 Å². The minimum atomic E-state index is -0.615. The Morgan fingerprint density at radius 1 is 1.05 bits per heavy atom. The summed E-state index contributed by atoms with van der Waals surface area (Å²) in [4.78, 5) is 24.2. The molecule has 0 bridgehead atoms. The van der Waals surface area contributed by atoms with E-state index in [0.29, 0.717) is 0 Å². The number of nitrogens with one attached hydrogen (secondary N) is 1. The van der Waals surface area contributed by atoms with E-state index in [1.807, 2.05) is 24.3 Å². The number of fused-ring (bicyclic) bond motifs is 1. The Hall–Kier alpha value is -2.56. The van der Waals surface area contributed by atoms with Crippen LogP contribution in [0.3, 0.4) is 0 Å². The first kappa shape index (κ1) is 15.8. The summed E-state index contributed by atoms with van der Waals surface area (Å²) in [5.74, 6) is -1.04. The number of hydrogen-bond acceptors (Lipinski definition) is 5. The molecule has 1 aliphatic rings. The third kappa shape index (κ3) is 3.75. The Kier molecular flexibility index (Phi) is 4.35. The first-order valence-corrected chi connectivity index (χ1v) is 6.91. The molecule has 0 spiro atoms. The molecule has 1 aromatic carbocycles. The lowest BCUT2D eigenvalue weighted by molar-refractivity contribution is -0.149. The molecule has 0 aromatic heterocycles. The van der Waals surface area contributed by atoms with Gasteiger partial charge in [-0.05, 0) is 44.6 Å². The number of hydrogen-bond donors (Lipinski definition) is 1. The van der Waals surface area contributed by atoms with Crippen molar-refractivity contribution in [2.24, 2.45) is 0 Å². The summed E-state index contributed by atoms with van der Waals surface area (Å²) < 4.78 is 10.1. The van der Waals surface area contributed by atoms with E-state index in [4.69, 9.17) is 9.47 Å². The molecule has 5 nitrogen and oxygen atoms in total. The van der Waals surface area contributed by atoms with Crippen molar-refractivity contribution in [1.82, 2.24) is 0 Å². The van der Waals surface area contributed by atoms with E-state index in [1.165, 1.54) is 13.2 Å². The summed E-state index contributed by atoms with van der Waals surface area (Å²) in [5, 5.41) is 2.98. The number of anilines is 1. The molecule has 0 unspecified atom stereocenters. The molecule has 22 heavy (non-hydrogen) atoms. The lowest BCUT2D eigenvalue weighted by Gasteiger charge is -2.19. The van der Waals surface area contributed by atoms with E-state index in [-0.39, 0.29) is 11.3 Å². The molecule has 5 heteroatoms. The van der Waals surface area contributed by atoms with Crippen LogP contribution < -0.4 is 5.32 Å². The fourth-order valence-electron chi connectivity index (χ4n) is 1.96. The normalized spacial score (nSPS) is 13.8. The predicted octanol–water partition coefficient (Wildman–Crippen LogP) is 2.89. The minimum absolute atomic E-state index is 0.185. The Bertz CT molecular complexity index is 665. The molecule has 1 heterocycles. The summed E-state index contributed by atoms with van der Waals surface area (Å²) in [6.45, 7) is 5.37. The first-order valence-electron chi connectivity index (χ1n) is 6.91. The molecular formula is C17H19NO4. The van der Waals surface area contributed by atoms with Crippen LogP contribution in [0.4, 0.5) is 5.69 Å². The zero-order valence-electron chi connectivity index (χ0n) is 13.1. The van der Waals surface area contributed by atoms with Crippen molar-refractivity contribution in [3.63, 3.8) is 0 Å². The van der Waals surface area contributed by atoms with Gasteiger partial charge in [0.1, 0.15) is 11.3 Å².